The Labute approximate surface area is 103 Å². The number of nitrogens with one attached hydrogen (secondary N) is 1. The van der Waals surface area contributed by atoms with Gasteiger partial charge in [0.25, 0.3) is 0 Å². The average molecular weight is 234 g/mol. The van der Waals surface area contributed by atoms with Crippen LogP contribution in [-0.4, -0.2) is 18.5 Å². The number of aryl methyl sites for hydroxylation is 1. The van der Waals surface area contributed by atoms with Gasteiger partial charge in [-0.2, -0.15) is 0 Å². The van der Waals surface area contributed by atoms with E-state index in [1.807, 2.05) is 20.8 Å². The van der Waals surface area contributed by atoms with Gasteiger partial charge in [-0.3, -0.25) is 4.79 Å². The molecule has 1 rings (SSSR count). The summed E-state index contributed by atoms with van der Waals surface area (Å²) in [7, 11) is 0. The van der Waals surface area contributed by atoms with Crippen LogP contribution in [0.15, 0.2) is 24.3 Å². The molecule has 1 amide bonds. The number of hydrogen-bond acceptors (Lipinski definition) is 2. The van der Waals surface area contributed by atoms with Gasteiger partial charge in [0, 0.05) is 18.4 Å². The summed E-state index contributed by atoms with van der Waals surface area (Å²) in [6.45, 7) is 6.46. The van der Waals surface area contributed by atoms with Gasteiger partial charge in [0.2, 0.25) is 5.91 Å². The van der Waals surface area contributed by atoms with E-state index >= 15 is 0 Å². The number of hydrogen-bond donors (Lipinski definition) is 2. The number of nitrogens with two attached hydrogens (primary N) is 1. The normalized spacial score (nSPS) is 12.5. The Kier molecular flexibility index (Phi) is 5.16. The van der Waals surface area contributed by atoms with Crippen LogP contribution in [0.3, 0.4) is 0 Å². The van der Waals surface area contributed by atoms with Gasteiger partial charge in [-0.05, 0) is 32.9 Å². The van der Waals surface area contributed by atoms with Crippen molar-refractivity contribution in [3.63, 3.8) is 0 Å². The van der Waals surface area contributed by atoms with Crippen LogP contribution >= 0.6 is 0 Å². The molecule has 0 saturated carbocycles. The average Bonchev–Trinajstić information content (AvgIpc) is 2.26. The largest absolute Gasteiger partial charge is 0.354 e. The molecule has 0 radical (unpaired) electrons. The molecule has 0 fully saturated rings. The highest BCUT2D eigenvalue weighted by molar-refractivity contribution is 5.77. The molecule has 0 saturated heterocycles. The summed E-state index contributed by atoms with van der Waals surface area (Å²) in [5, 5.41) is 2.89. The second-order valence-electron chi connectivity index (χ2n) is 4.77. The van der Waals surface area contributed by atoms with E-state index in [-0.39, 0.29) is 17.9 Å². The van der Waals surface area contributed by atoms with Crippen LogP contribution in [0.5, 0.6) is 0 Å². The second kappa shape index (κ2) is 6.40. The molecule has 1 atom stereocenters. The first-order chi connectivity index (χ1) is 8.02. The Balaban J connectivity index is 2.65. The van der Waals surface area contributed by atoms with Crippen molar-refractivity contribution >= 4 is 5.91 Å². The van der Waals surface area contributed by atoms with Crippen molar-refractivity contribution in [1.29, 1.82) is 0 Å². The monoisotopic (exact) mass is 234 g/mol. The third kappa shape index (κ3) is 4.57. The number of carbonyl (C=O) groups is 1. The zero-order valence-electron chi connectivity index (χ0n) is 10.9. The maximum atomic E-state index is 11.7. The predicted molar refractivity (Wildman–Crippen MR) is 70.9 cm³/mol. The third-order valence-corrected chi connectivity index (χ3v) is 2.71. The lowest BCUT2D eigenvalue weighted by molar-refractivity contribution is -0.121. The summed E-state index contributed by atoms with van der Waals surface area (Å²) in [6, 6.07) is 8.39. The van der Waals surface area contributed by atoms with Crippen molar-refractivity contribution in [2.24, 2.45) is 5.73 Å². The van der Waals surface area contributed by atoms with Crippen molar-refractivity contribution < 1.29 is 4.79 Å². The van der Waals surface area contributed by atoms with E-state index < -0.39 is 0 Å². The molecule has 0 aliphatic carbocycles. The maximum Gasteiger partial charge on any atom is 0.220 e. The van der Waals surface area contributed by atoms with E-state index in [1.165, 1.54) is 5.56 Å². The third-order valence-electron chi connectivity index (χ3n) is 2.71. The molecule has 0 aliphatic heterocycles. The fraction of sp³-hybridized carbons (Fsp3) is 0.500. The molecule has 3 nitrogen and oxygen atoms in total. The van der Waals surface area contributed by atoms with Gasteiger partial charge < -0.3 is 11.1 Å². The van der Waals surface area contributed by atoms with Gasteiger partial charge in [-0.15, -0.1) is 0 Å². The van der Waals surface area contributed by atoms with Crippen LogP contribution in [-0.2, 0) is 4.79 Å². The molecule has 17 heavy (non-hydrogen) atoms. The Bertz CT molecular complexity index is 357. The highest BCUT2D eigenvalue weighted by atomic mass is 16.1. The first-order valence-corrected chi connectivity index (χ1v) is 6.09. The van der Waals surface area contributed by atoms with Gasteiger partial charge in [0.15, 0.2) is 0 Å². The number of rotatable bonds is 5. The SMILES string of the molecule is Cc1ccc(C(CN)CC(=O)NC(C)C)cc1. The van der Waals surface area contributed by atoms with E-state index in [9.17, 15) is 4.79 Å². The summed E-state index contributed by atoms with van der Waals surface area (Å²) in [5.74, 6) is 0.172. The standard InChI is InChI=1S/C14H22N2O/c1-10(2)16-14(17)8-13(9-15)12-6-4-11(3)5-7-12/h4-7,10,13H,8-9,15H2,1-3H3,(H,16,17). The first kappa shape index (κ1) is 13.7. The molecule has 1 aromatic rings. The number of carbonyl (C=O) groups excluding carboxylic acids is 1. The maximum absolute atomic E-state index is 11.7. The van der Waals surface area contributed by atoms with Crippen molar-refractivity contribution in [3.05, 3.63) is 35.4 Å². The molecule has 0 aliphatic rings. The molecular weight excluding hydrogens is 212 g/mol. The Hall–Kier alpha value is -1.35. The highest BCUT2D eigenvalue weighted by Crippen LogP contribution is 2.18. The summed E-state index contributed by atoms with van der Waals surface area (Å²) >= 11 is 0. The number of amides is 1. The van der Waals surface area contributed by atoms with Crippen molar-refractivity contribution in [1.82, 2.24) is 5.32 Å². The van der Waals surface area contributed by atoms with Gasteiger partial charge >= 0.3 is 0 Å². The zero-order chi connectivity index (χ0) is 12.8. The minimum Gasteiger partial charge on any atom is -0.354 e. The first-order valence-electron chi connectivity index (χ1n) is 6.09. The number of benzene rings is 1. The summed E-state index contributed by atoms with van der Waals surface area (Å²) in [5.41, 5.74) is 8.10. The quantitative estimate of drug-likeness (QED) is 0.818. The summed E-state index contributed by atoms with van der Waals surface area (Å²) in [4.78, 5) is 11.7. The van der Waals surface area contributed by atoms with Crippen LogP contribution in [0.1, 0.15) is 37.3 Å². The van der Waals surface area contributed by atoms with E-state index in [0.29, 0.717) is 13.0 Å². The van der Waals surface area contributed by atoms with Crippen molar-refractivity contribution in [2.45, 2.75) is 39.2 Å². The fourth-order valence-corrected chi connectivity index (χ4v) is 1.78. The molecule has 0 spiro atoms. The van der Waals surface area contributed by atoms with Gasteiger partial charge in [-0.1, -0.05) is 29.8 Å². The van der Waals surface area contributed by atoms with Crippen molar-refractivity contribution in [3.8, 4) is 0 Å². The lowest BCUT2D eigenvalue weighted by atomic mass is 9.94. The molecule has 1 unspecified atom stereocenters. The fourth-order valence-electron chi connectivity index (χ4n) is 1.78. The molecule has 94 valence electrons. The Morgan fingerprint density at radius 1 is 1.29 bits per heavy atom. The van der Waals surface area contributed by atoms with Crippen LogP contribution in [0.25, 0.3) is 0 Å². The lowest BCUT2D eigenvalue weighted by Gasteiger charge is -2.16. The van der Waals surface area contributed by atoms with Crippen LogP contribution in [0.4, 0.5) is 0 Å². The smallest absolute Gasteiger partial charge is 0.220 e. The topological polar surface area (TPSA) is 55.1 Å². The predicted octanol–water partition coefficient (Wildman–Crippen LogP) is 1.95. The van der Waals surface area contributed by atoms with Crippen LogP contribution < -0.4 is 11.1 Å². The minimum absolute atomic E-state index is 0.0658. The summed E-state index contributed by atoms with van der Waals surface area (Å²) in [6.07, 6.45) is 0.456. The van der Waals surface area contributed by atoms with E-state index in [2.05, 4.69) is 29.6 Å². The Morgan fingerprint density at radius 3 is 2.35 bits per heavy atom. The van der Waals surface area contributed by atoms with E-state index in [1.54, 1.807) is 0 Å². The molecule has 0 bridgehead atoms. The van der Waals surface area contributed by atoms with Crippen LogP contribution in [0, 0.1) is 6.92 Å². The molecule has 0 aromatic heterocycles. The lowest BCUT2D eigenvalue weighted by Crippen LogP contribution is -2.32. The zero-order valence-corrected chi connectivity index (χ0v) is 10.9. The van der Waals surface area contributed by atoms with Gasteiger partial charge in [0.1, 0.15) is 0 Å². The van der Waals surface area contributed by atoms with Gasteiger partial charge in [0.05, 0.1) is 0 Å². The molecule has 1 aromatic carbocycles. The van der Waals surface area contributed by atoms with Crippen LogP contribution in [0.2, 0.25) is 0 Å². The van der Waals surface area contributed by atoms with E-state index in [4.69, 9.17) is 5.73 Å². The summed E-state index contributed by atoms with van der Waals surface area (Å²) < 4.78 is 0. The second-order valence-corrected chi connectivity index (χ2v) is 4.77. The van der Waals surface area contributed by atoms with Gasteiger partial charge in [-0.25, -0.2) is 0 Å². The molecule has 0 heterocycles. The minimum atomic E-state index is 0.0658. The molecule has 3 N–H and O–H groups in total. The molecule has 3 heteroatoms. The highest BCUT2D eigenvalue weighted by Gasteiger charge is 2.14. The van der Waals surface area contributed by atoms with Crippen molar-refractivity contribution in [2.75, 3.05) is 6.54 Å². The Morgan fingerprint density at radius 2 is 1.88 bits per heavy atom. The van der Waals surface area contributed by atoms with E-state index in [0.717, 1.165) is 5.56 Å². The molecular formula is C14H22N2O.